The fourth-order valence-electron chi connectivity index (χ4n) is 5.02. The zero-order chi connectivity index (χ0) is 21.1. The molecule has 2 atom stereocenters. The molecule has 29 heavy (non-hydrogen) atoms. The second kappa shape index (κ2) is 9.67. The molecule has 0 aromatic rings. The van der Waals surface area contributed by atoms with E-state index in [1.807, 2.05) is 0 Å². The number of esters is 1. The quantitative estimate of drug-likeness (QED) is 0.454. The minimum Gasteiger partial charge on any atom is -0.468 e. The highest BCUT2D eigenvalue weighted by Gasteiger charge is 2.50. The first-order chi connectivity index (χ1) is 13.7. The summed E-state index contributed by atoms with van der Waals surface area (Å²) in [6.45, 7) is 13.8. The number of likely N-dealkylation sites (tertiary alicyclic amines) is 2. The van der Waals surface area contributed by atoms with Gasteiger partial charge in [0.1, 0.15) is 6.04 Å². The van der Waals surface area contributed by atoms with Crippen molar-refractivity contribution in [1.29, 1.82) is 0 Å². The number of carbonyl (C=O) groups excluding carboxylic acids is 1. The maximum atomic E-state index is 12.5. The Morgan fingerprint density at radius 2 is 1.69 bits per heavy atom. The summed E-state index contributed by atoms with van der Waals surface area (Å²) in [6.07, 6.45) is 7.95. The predicted molar refractivity (Wildman–Crippen MR) is 116 cm³/mol. The first-order valence-corrected chi connectivity index (χ1v) is 11.6. The molecule has 3 saturated heterocycles. The van der Waals surface area contributed by atoms with Gasteiger partial charge in [-0.05, 0) is 85.3 Å². The van der Waals surface area contributed by atoms with Gasteiger partial charge in [0.2, 0.25) is 0 Å². The van der Waals surface area contributed by atoms with Crippen molar-refractivity contribution in [3.63, 3.8) is 0 Å². The summed E-state index contributed by atoms with van der Waals surface area (Å²) in [5.74, 6) is 0.299. The van der Waals surface area contributed by atoms with Gasteiger partial charge < -0.3 is 18.9 Å². The molecule has 6 nitrogen and oxygen atoms in total. The molecule has 0 bridgehead atoms. The van der Waals surface area contributed by atoms with Crippen molar-refractivity contribution in [1.82, 2.24) is 9.80 Å². The summed E-state index contributed by atoms with van der Waals surface area (Å²) in [6, 6.07) is -0.0944. The zero-order valence-corrected chi connectivity index (χ0v) is 19.2. The molecule has 0 N–H and O–H groups in total. The lowest BCUT2D eigenvalue weighted by Gasteiger charge is -2.32. The van der Waals surface area contributed by atoms with Crippen LogP contribution in [0.3, 0.4) is 0 Å². The van der Waals surface area contributed by atoms with Gasteiger partial charge >= 0.3 is 13.1 Å². The molecule has 2 unspecified atom stereocenters. The van der Waals surface area contributed by atoms with E-state index >= 15 is 0 Å². The molecule has 3 rings (SSSR count). The normalized spacial score (nSPS) is 30.0. The lowest BCUT2D eigenvalue weighted by Crippen LogP contribution is -2.45. The van der Waals surface area contributed by atoms with Crippen molar-refractivity contribution < 1.29 is 18.8 Å². The highest BCUT2D eigenvalue weighted by Crippen LogP contribution is 2.38. The van der Waals surface area contributed by atoms with Gasteiger partial charge in [0.25, 0.3) is 0 Å². The minimum absolute atomic E-state index is 0.0678. The molecule has 166 valence electrons. The third-order valence-electron chi connectivity index (χ3n) is 7.54. The third-order valence-corrected chi connectivity index (χ3v) is 7.54. The molecular formula is C22H41BN2O4. The van der Waals surface area contributed by atoms with Crippen LogP contribution in [0.15, 0.2) is 0 Å². The van der Waals surface area contributed by atoms with E-state index in [2.05, 4.69) is 37.5 Å². The van der Waals surface area contributed by atoms with Gasteiger partial charge in [-0.2, -0.15) is 0 Å². The lowest BCUT2D eigenvalue weighted by molar-refractivity contribution is -0.147. The Morgan fingerprint density at radius 3 is 2.31 bits per heavy atom. The first-order valence-electron chi connectivity index (χ1n) is 11.6. The Bertz CT molecular complexity index is 535. The van der Waals surface area contributed by atoms with Crippen molar-refractivity contribution in [3.8, 4) is 0 Å². The van der Waals surface area contributed by atoms with Crippen LogP contribution in [0.25, 0.3) is 0 Å². The minimum atomic E-state index is -0.273. The molecule has 7 heteroatoms. The fourth-order valence-corrected chi connectivity index (χ4v) is 5.02. The molecule has 0 radical (unpaired) electrons. The van der Waals surface area contributed by atoms with Crippen LogP contribution >= 0.6 is 0 Å². The number of ether oxygens (including phenoxy) is 1. The Balaban J connectivity index is 1.47. The van der Waals surface area contributed by atoms with Crippen LogP contribution in [0.4, 0.5) is 0 Å². The Hall–Kier alpha value is -0.625. The van der Waals surface area contributed by atoms with Gasteiger partial charge in [-0.1, -0.05) is 12.8 Å². The lowest BCUT2D eigenvalue weighted by atomic mass is 9.80. The molecule has 3 aliphatic heterocycles. The fraction of sp³-hybridized carbons (Fsp3) is 0.955. The van der Waals surface area contributed by atoms with E-state index in [1.54, 1.807) is 0 Å². The number of hydrogen-bond acceptors (Lipinski definition) is 6. The van der Waals surface area contributed by atoms with Gasteiger partial charge in [-0.3, -0.25) is 9.69 Å². The molecule has 3 heterocycles. The highest BCUT2D eigenvalue weighted by atomic mass is 16.7. The van der Waals surface area contributed by atoms with Gasteiger partial charge in [-0.15, -0.1) is 0 Å². The Morgan fingerprint density at radius 1 is 1.03 bits per heavy atom. The van der Waals surface area contributed by atoms with E-state index in [4.69, 9.17) is 14.0 Å². The van der Waals surface area contributed by atoms with Crippen molar-refractivity contribution in [2.45, 2.75) is 89.8 Å². The average molecular weight is 408 g/mol. The van der Waals surface area contributed by atoms with Crippen LogP contribution in [0.1, 0.15) is 66.2 Å². The van der Waals surface area contributed by atoms with Gasteiger partial charge in [0.05, 0.1) is 18.3 Å². The summed E-state index contributed by atoms with van der Waals surface area (Å²) in [7, 11) is 1.37. The summed E-state index contributed by atoms with van der Waals surface area (Å²) in [5, 5.41) is 0. The standard InChI is InChI=1S/C22H41BN2O4/c1-21(2)22(3,4)29-23(28-21)12-9-10-18-11-15-25(19(18)20(26)27-5)17-16-24-13-7-6-8-14-24/h18-19H,6-17H2,1-5H3. The maximum absolute atomic E-state index is 12.5. The smallest absolute Gasteiger partial charge is 0.457 e. The van der Waals surface area contributed by atoms with Crippen LogP contribution in [0, 0.1) is 5.92 Å². The first kappa shape index (κ1) is 23.0. The van der Waals surface area contributed by atoms with Gasteiger partial charge in [0.15, 0.2) is 0 Å². The molecular weight excluding hydrogens is 367 g/mol. The Labute approximate surface area is 177 Å². The highest BCUT2D eigenvalue weighted by molar-refractivity contribution is 6.45. The van der Waals surface area contributed by atoms with E-state index in [1.165, 1.54) is 39.5 Å². The number of nitrogens with zero attached hydrogens (tertiary/aromatic N) is 2. The molecule has 3 aliphatic rings. The monoisotopic (exact) mass is 408 g/mol. The maximum Gasteiger partial charge on any atom is 0.457 e. The second-order valence-corrected chi connectivity index (χ2v) is 10.1. The summed E-state index contributed by atoms with van der Waals surface area (Å²) in [4.78, 5) is 17.5. The van der Waals surface area contributed by atoms with Gasteiger partial charge in [0, 0.05) is 13.1 Å². The molecule has 0 amide bonds. The van der Waals surface area contributed by atoms with Gasteiger partial charge in [-0.25, -0.2) is 0 Å². The largest absolute Gasteiger partial charge is 0.468 e. The van der Waals surface area contributed by atoms with Crippen molar-refractivity contribution in [2.75, 3.05) is 39.8 Å². The van der Waals surface area contributed by atoms with Crippen LogP contribution < -0.4 is 0 Å². The summed E-state index contributed by atoms with van der Waals surface area (Å²) < 4.78 is 17.4. The molecule has 0 spiro atoms. The van der Waals surface area contributed by atoms with Crippen LogP contribution in [-0.2, 0) is 18.8 Å². The summed E-state index contributed by atoms with van der Waals surface area (Å²) >= 11 is 0. The predicted octanol–water partition coefficient (Wildman–Crippen LogP) is 3.21. The van der Waals surface area contributed by atoms with E-state index in [-0.39, 0.29) is 30.3 Å². The second-order valence-electron chi connectivity index (χ2n) is 10.1. The van der Waals surface area contributed by atoms with Crippen molar-refractivity contribution >= 4 is 13.1 Å². The molecule has 3 fully saturated rings. The number of piperidine rings is 1. The number of hydrogen-bond donors (Lipinski definition) is 0. The Kier molecular flexibility index (Phi) is 7.69. The number of methoxy groups -OCH3 is 1. The van der Waals surface area contributed by atoms with E-state index < -0.39 is 0 Å². The third kappa shape index (κ3) is 5.55. The van der Waals surface area contributed by atoms with Crippen LogP contribution in [0.5, 0.6) is 0 Å². The molecule has 0 aromatic heterocycles. The number of carbonyl (C=O) groups is 1. The van der Waals surface area contributed by atoms with E-state index in [0.717, 1.165) is 45.2 Å². The average Bonchev–Trinajstić information content (AvgIpc) is 3.17. The van der Waals surface area contributed by atoms with Crippen LogP contribution in [-0.4, -0.2) is 80.0 Å². The van der Waals surface area contributed by atoms with Crippen LogP contribution in [0.2, 0.25) is 6.32 Å². The van der Waals surface area contributed by atoms with E-state index in [9.17, 15) is 4.79 Å². The number of rotatable bonds is 8. The molecule has 0 saturated carbocycles. The topological polar surface area (TPSA) is 51.2 Å². The zero-order valence-electron chi connectivity index (χ0n) is 19.2. The SMILES string of the molecule is COC(=O)C1C(CCCB2OC(C)(C)C(C)(C)O2)CCN1CCN1CCCCC1. The molecule has 0 aliphatic carbocycles. The van der Waals surface area contributed by atoms with E-state index in [0.29, 0.717) is 5.92 Å². The van der Waals surface area contributed by atoms with Crippen molar-refractivity contribution in [2.24, 2.45) is 5.92 Å². The molecule has 0 aromatic carbocycles. The summed E-state index contributed by atoms with van der Waals surface area (Å²) in [5.41, 5.74) is -0.546. The van der Waals surface area contributed by atoms with Crippen molar-refractivity contribution in [3.05, 3.63) is 0 Å².